The lowest BCUT2D eigenvalue weighted by Crippen LogP contribution is -2.47. The first-order valence-electron chi connectivity index (χ1n) is 7.42. The molecule has 0 saturated carbocycles. The highest BCUT2D eigenvalue weighted by Gasteiger charge is 2.26. The van der Waals surface area contributed by atoms with Gasteiger partial charge in [-0.3, -0.25) is 4.79 Å². The standard InChI is InChI=1S/C14H22N4O3S/c1-4-22(20,21)17-12-5-7-18(8-6-12)14(19)13-9-15-11(3)16-10(13)2/h9,12,17H,4-8H2,1-3H3. The van der Waals surface area contributed by atoms with Gasteiger partial charge < -0.3 is 4.90 Å². The number of rotatable bonds is 4. The first kappa shape index (κ1) is 16.8. The van der Waals surface area contributed by atoms with E-state index in [-0.39, 0.29) is 17.7 Å². The molecule has 122 valence electrons. The quantitative estimate of drug-likeness (QED) is 0.876. The second kappa shape index (κ2) is 6.70. The van der Waals surface area contributed by atoms with Crippen LogP contribution >= 0.6 is 0 Å². The van der Waals surface area contributed by atoms with Crippen molar-refractivity contribution in [2.45, 2.75) is 39.7 Å². The minimum Gasteiger partial charge on any atom is -0.338 e. The van der Waals surface area contributed by atoms with Crippen LogP contribution in [0.4, 0.5) is 0 Å². The van der Waals surface area contributed by atoms with E-state index in [0.717, 1.165) is 0 Å². The number of amides is 1. The zero-order valence-electron chi connectivity index (χ0n) is 13.2. The number of carbonyl (C=O) groups is 1. The molecule has 2 rings (SSSR count). The average Bonchev–Trinajstić information content (AvgIpc) is 2.47. The van der Waals surface area contributed by atoms with Crippen molar-refractivity contribution in [2.75, 3.05) is 18.8 Å². The fourth-order valence-electron chi connectivity index (χ4n) is 2.50. The number of carbonyl (C=O) groups excluding carboxylic acids is 1. The van der Waals surface area contributed by atoms with E-state index in [2.05, 4.69) is 14.7 Å². The largest absolute Gasteiger partial charge is 0.338 e. The number of hydrogen-bond acceptors (Lipinski definition) is 5. The van der Waals surface area contributed by atoms with E-state index in [1.165, 1.54) is 0 Å². The number of piperidine rings is 1. The van der Waals surface area contributed by atoms with Crippen LogP contribution in [0.15, 0.2) is 6.20 Å². The summed E-state index contributed by atoms with van der Waals surface area (Å²) in [4.78, 5) is 22.5. The van der Waals surface area contributed by atoms with Crippen molar-refractivity contribution in [3.63, 3.8) is 0 Å². The van der Waals surface area contributed by atoms with E-state index in [4.69, 9.17) is 0 Å². The second-order valence-corrected chi connectivity index (χ2v) is 7.55. The summed E-state index contributed by atoms with van der Waals surface area (Å²) in [5, 5.41) is 0. The van der Waals surface area contributed by atoms with Crippen molar-refractivity contribution in [3.05, 3.63) is 23.3 Å². The number of nitrogens with one attached hydrogen (secondary N) is 1. The highest BCUT2D eigenvalue weighted by Crippen LogP contribution is 2.16. The molecule has 1 N–H and O–H groups in total. The fourth-order valence-corrected chi connectivity index (χ4v) is 3.41. The van der Waals surface area contributed by atoms with Gasteiger partial charge in [-0.15, -0.1) is 0 Å². The minimum atomic E-state index is -3.19. The molecule has 8 heteroatoms. The summed E-state index contributed by atoms with van der Waals surface area (Å²) in [6.45, 7) is 6.25. The normalized spacial score (nSPS) is 16.8. The summed E-state index contributed by atoms with van der Waals surface area (Å²) in [5.41, 5.74) is 1.18. The zero-order valence-corrected chi connectivity index (χ0v) is 14.0. The highest BCUT2D eigenvalue weighted by atomic mass is 32.2. The number of aromatic nitrogens is 2. The van der Waals surface area contributed by atoms with Gasteiger partial charge in [0.05, 0.1) is 17.0 Å². The molecular weight excluding hydrogens is 304 g/mol. The van der Waals surface area contributed by atoms with Gasteiger partial charge in [-0.05, 0) is 33.6 Å². The summed E-state index contributed by atoms with van der Waals surface area (Å²) in [6, 6.07) is -0.0932. The summed E-state index contributed by atoms with van der Waals surface area (Å²) in [5.74, 6) is 0.627. The van der Waals surface area contributed by atoms with Crippen LogP contribution in [-0.2, 0) is 10.0 Å². The molecule has 1 saturated heterocycles. The Kier molecular flexibility index (Phi) is 5.12. The van der Waals surface area contributed by atoms with E-state index < -0.39 is 10.0 Å². The predicted molar refractivity (Wildman–Crippen MR) is 83.0 cm³/mol. The average molecular weight is 326 g/mol. The molecule has 1 aliphatic rings. The van der Waals surface area contributed by atoms with Gasteiger partial charge in [0.1, 0.15) is 5.82 Å². The molecule has 0 aliphatic carbocycles. The fraction of sp³-hybridized carbons (Fsp3) is 0.643. The Morgan fingerprint density at radius 1 is 1.36 bits per heavy atom. The van der Waals surface area contributed by atoms with Gasteiger partial charge in [0, 0.05) is 25.3 Å². The molecule has 22 heavy (non-hydrogen) atoms. The first-order chi connectivity index (χ1) is 10.3. The molecule has 1 aromatic rings. The maximum Gasteiger partial charge on any atom is 0.257 e. The van der Waals surface area contributed by atoms with Crippen molar-refractivity contribution in [3.8, 4) is 0 Å². The smallest absolute Gasteiger partial charge is 0.257 e. The molecular formula is C14H22N4O3S. The van der Waals surface area contributed by atoms with Gasteiger partial charge >= 0.3 is 0 Å². The van der Waals surface area contributed by atoms with Gasteiger partial charge in [-0.25, -0.2) is 23.1 Å². The molecule has 7 nitrogen and oxygen atoms in total. The topological polar surface area (TPSA) is 92.3 Å². The molecule has 2 heterocycles. The summed E-state index contributed by atoms with van der Waals surface area (Å²) < 4.78 is 25.8. The lowest BCUT2D eigenvalue weighted by Gasteiger charge is -2.32. The van der Waals surface area contributed by atoms with Crippen LogP contribution in [0.25, 0.3) is 0 Å². The minimum absolute atomic E-state index is 0.0754. The van der Waals surface area contributed by atoms with E-state index in [1.807, 2.05) is 0 Å². The van der Waals surface area contributed by atoms with E-state index in [1.54, 1.807) is 31.9 Å². The molecule has 0 radical (unpaired) electrons. The van der Waals surface area contributed by atoms with E-state index >= 15 is 0 Å². The highest BCUT2D eigenvalue weighted by molar-refractivity contribution is 7.89. The Morgan fingerprint density at radius 3 is 2.55 bits per heavy atom. The number of sulfonamides is 1. The van der Waals surface area contributed by atoms with E-state index in [9.17, 15) is 13.2 Å². The maximum absolute atomic E-state index is 12.5. The van der Waals surface area contributed by atoms with Crippen molar-refractivity contribution >= 4 is 15.9 Å². The number of nitrogens with zero attached hydrogens (tertiary/aromatic N) is 3. The Labute approximate surface area is 131 Å². The molecule has 1 fully saturated rings. The van der Waals surface area contributed by atoms with E-state index in [0.29, 0.717) is 43.0 Å². The Bertz CT molecular complexity index is 652. The maximum atomic E-state index is 12.5. The summed E-state index contributed by atoms with van der Waals surface area (Å²) in [7, 11) is -3.19. The third-order valence-corrected chi connectivity index (χ3v) is 5.29. The third-order valence-electron chi connectivity index (χ3n) is 3.84. The summed E-state index contributed by atoms with van der Waals surface area (Å²) >= 11 is 0. The van der Waals surface area contributed by atoms with Gasteiger partial charge in [0.15, 0.2) is 0 Å². The van der Waals surface area contributed by atoms with Crippen molar-refractivity contribution in [2.24, 2.45) is 0 Å². The number of likely N-dealkylation sites (tertiary alicyclic amines) is 1. The van der Waals surface area contributed by atoms with Crippen LogP contribution in [0.5, 0.6) is 0 Å². The van der Waals surface area contributed by atoms with Crippen molar-refractivity contribution in [1.29, 1.82) is 0 Å². The molecule has 1 amide bonds. The van der Waals surface area contributed by atoms with Crippen molar-refractivity contribution in [1.82, 2.24) is 19.6 Å². The van der Waals surface area contributed by atoms with Crippen LogP contribution in [0.1, 0.15) is 41.6 Å². The Balaban J connectivity index is 1.98. The van der Waals surface area contributed by atoms with Gasteiger partial charge in [0.25, 0.3) is 5.91 Å². The second-order valence-electron chi connectivity index (χ2n) is 5.50. The monoisotopic (exact) mass is 326 g/mol. The molecule has 0 aromatic carbocycles. The molecule has 0 spiro atoms. The molecule has 0 bridgehead atoms. The lowest BCUT2D eigenvalue weighted by atomic mass is 10.0. The molecule has 0 atom stereocenters. The molecule has 0 unspecified atom stereocenters. The lowest BCUT2D eigenvalue weighted by molar-refractivity contribution is 0.0709. The number of aryl methyl sites for hydroxylation is 2. The zero-order chi connectivity index (χ0) is 16.3. The summed E-state index contributed by atoms with van der Waals surface area (Å²) in [6.07, 6.45) is 2.80. The number of hydrogen-bond donors (Lipinski definition) is 1. The molecule has 1 aliphatic heterocycles. The van der Waals surface area contributed by atoms with Crippen LogP contribution < -0.4 is 4.72 Å². The van der Waals surface area contributed by atoms with Crippen molar-refractivity contribution < 1.29 is 13.2 Å². The van der Waals surface area contributed by atoms with Gasteiger partial charge in [-0.1, -0.05) is 0 Å². The predicted octanol–water partition coefficient (Wildman–Crippen LogP) is 0.637. The Hall–Kier alpha value is -1.54. The van der Waals surface area contributed by atoms with Crippen LogP contribution in [-0.4, -0.2) is 54.1 Å². The van der Waals surface area contributed by atoms with Gasteiger partial charge in [-0.2, -0.15) is 0 Å². The molecule has 1 aromatic heterocycles. The van der Waals surface area contributed by atoms with Crippen LogP contribution in [0, 0.1) is 13.8 Å². The SMILES string of the molecule is CCS(=O)(=O)NC1CCN(C(=O)c2cnc(C)nc2C)CC1. The Morgan fingerprint density at radius 2 is 2.00 bits per heavy atom. The third kappa shape index (κ3) is 4.01. The van der Waals surface area contributed by atoms with Crippen LogP contribution in [0.3, 0.4) is 0 Å². The van der Waals surface area contributed by atoms with Crippen LogP contribution in [0.2, 0.25) is 0 Å². The first-order valence-corrected chi connectivity index (χ1v) is 9.07. The van der Waals surface area contributed by atoms with Gasteiger partial charge in [0.2, 0.25) is 10.0 Å².